The standard InChI is InChI=1S/C21H30.2ClH.Ti/c1-5-7-11-17-13-9-15-19(17)21(3,4)20-16-10-14-18(20)12-8-6-2;;;/h15-16H,5-12H2,1-4H3;2*1H;/q;;;+2/p-2. The number of allylic oxidation sites excluding steroid dienone is 8. The number of hydrogen-bond donors (Lipinski definition) is 0. The summed E-state index contributed by atoms with van der Waals surface area (Å²) in [5.74, 6) is 0. The molecule has 0 amide bonds. The fourth-order valence-corrected chi connectivity index (χ4v) is 6.84. The fourth-order valence-electron chi connectivity index (χ4n) is 4.35. The van der Waals surface area contributed by atoms with Crippen LogP contribution in [-0.4, -0.2) is 0 Å². The predicted molar refractivity (Wildman–Crippen MR) is 92.3 cm³/mol. The summed E-state index contributed by atoms with van der Waals surface area (Å²) in [6.07, 6.45) is 15.7. The zero-order valence-electron chi connectivity index (χ0n) is 15.6. The molecule has 0 atom stereocenters. The van der Waals surface area contributed by atoms with E-state index in [0.29, 0.717) is 0 Å². The van der Waals surface area contributed by atoms with E-state index in [1.165, 1.54) is 51.4 Å². The normalized spacial score (nSPS) is 20.2. The Hall–Kier alpha value is 0.254. The molecular weight excluding hydrogens is 371 g/mol. The molecule has 0 saturated heterocycles. The van der Waals surface area contributed by atoms with Crippen LogP contribution in [0.3, 0.4) is 0 Å². The Bertz CT molecular complexity index is 541. The molecule has 3 rings (SSSR count). The van der Waals surface area contributed by atoms with Gasteiger partial charge in [-0.1, -0.05) is 0 Å². The first-order valence-electron chi connectivity index (χ1n) is 9.22. The molecule has 3 heteroatoms. The monoisotopic (exact) mass is 400 g/mol. The van der Waals surface area contributed by atoms with Gasteiger partial charge in [0.2, 0.25) is 0 Å². The van der Waals surface area contributed by atoms with Gasteiger partial charge in [-0.3, -0.25) is 0 Å². The first-order valence-corrected chi connectivity index (χ1v) is 10.8. The average molecular weight is 401 g/mol. The van der Waals surface area contributed by atoms with Crippen LogP contribution in [0, 0.1) is 5.41 Å². The molecule has 0 nitrogen and oxygen atoms in total. The quantitative estimate of drug-likeness (QED) is 0.574. The van der Waals surface area contributed by atoms with Crippen LogP contribution in [-0.2, 0) is 19.2 Å². The fraction of sp³-hybridized carbons (Fsp3) is 0.619. The second-order valence-electron chi connectivity index (χ2n) is 7.52. The van der Waals surface area contributed by atoms with Crippen molar-refractivity contribution in [2.45, 2.75) is 79.1 Å². The number of hydrogen-bond acceptors (Lipinski definition) is 0. The Morgan fingerprint density at radius 1 is 0.833 bits per heavy atom. The van der Waals surface area contributed by atoms with Crippen molar-refractivity contribution in [2.75, 3.05) is 0 Å². The van der Waals surface area contributed by atoms with Gasteiger partial charge >= 0.3 is 146 Å². The van der Waals surface area contributed by atoms with Crippen LogP contribution >= 0.6 is 0 Å². The molecule has 0 aromatic rings. The van der Waals surface area contributed by atoms with Crippen LogP contribution in [0.2, 0.25) is 0 Å². The average Bonchev–Trinajstić information content (AvgIpc) is 3.09. The first kappa shape index (κ1) is 22.3. The van der Waals surface area contributed by atoms with E-state index < -0.39 is 0 Å². The van der Waals surface area contributed by atoms with Crippen LogP contribution in [0.15, 0.2) is 42.2 Å². The van der Waals surface area contributed by atoms with E-state index in [2.05, 4.69) is 39.8 Å². The Morgan fingerprint density at radius 3 is 1.62 bits per heavy atom. The number of halogens is 2. The van der Waals surface area contributed by atoms with Crippen molar-refractivity contribution in [1.29, 1.82) is 0 Å². The molecule has 0 unspecified atom stereocenters. The van der Waals surface area contributed by atoms with Crippen molar-refractivity contribution in [3.8, 4) is 0 Å². The molecule has 0 spiro atoms. The third kappa shape index (κ3) is 3.98. The molecule has 0 aromatic heterocycles. The topological polar surface area (TPSA) is 0 Å². The molecule has 2 aliphatic carbocycles. The van der Waals surface area contributed by atoms with Crippen LogP contribution in [0.4, 0.5) is 0 Å². The summed E-state index contributed by atoms with van der Waals surface area (Å²) in [7, 11) is 0. The zero-order chi connectivity index (χ0) is 15.7. The van der Waals surface area contributed by atoms with E-state index in [0.717, 1.165) is 0 Å². The molecule has 0 N–H and O–H groups in total. The van der Waals surface area contributed by atoms with Crippen molar-refractivity contribution in [1.82, 2.24) is 0 Å². The van der Waals surface area contributed by atoms with Crippen LogP contribution in [0.1, 0.15) is 79.1 Å². The van der Waals surface area contributed by atoms with Gasteiger partial charge in [-0.25, -0.2) is 0 Å². The molecule has 24 heavy (non-hydrogen) atoms. The smallest absolute Gasteiger partial charge is 1.00 e. The molecule has 132 valence electrons. The molecular formula is C21H30Cl2Ti. The van der Waals surface area contributed by atoms with Crippen molar-refractivity contribution >= 4 is 0 Å². The van der Waals surface area contributed by atoms with Crippen molar-refractivity contribution < 1.29 is 44.0 Å². The van der Waals surface area contributed by atoms with Crippen molar-refractivity contribution in [3.63, 3.8) is 0 Å². The molecule has 0 radical (unpaired) electrons. The minimum Gasteiger partial charge on any atom is -1.00 e. The van der Waals surface area contributed by atoms with Gasteiger partial charge in [0, 0.05) is 0 Å². The largest absolute Gasteiger partial charge is 1.00 e. The van der Waals surface area contributed by atoms with E-state index in [-0.39, 0.29) is 49.4 Å². The summed E-state index contributed by atoms with van der Waals surface area (Å²) >= 11 is -0.0376. The second-order valence-corrected chi connectivity index (χ2v) is 9.79. The van der Waals surface area contributed by atoms with Crippen LogP contribution in [0.5, 0.6) is 0 Å². The summed E-state index contributed by atoms with van der Waals surface area (Å²) in [5.41, 5.74) is 7.20. The second kappa shape index (κ2) is 9.27. The number of unbranched alkanes of at least 4 members (excludes halogenated alkanes) is 2. The van der Waals surface area contributed by atoms with Gasteiger partial charge in [-0.2, -0.15) is 0 Å². The summed E-state index contributed by atoms with van der Waals surface area (Å²) < 4.78 is 3.74. The molecule has 1 heterocycles. The Kier molecular flexibility index (Phi) is 8.61. The minimum atomic E-state index is -0.0376. The Labute approximate surface area is 170 Å². The summed E-state index contributed by atoms with van der Waals surface area (Å²) in [4.78, 5) is 0. The summed E-state index contributed by atoms with van der Waals surface area (Å²) in [5, 5.41) is 0. The predicted octanol–water partition coefficient (Wildman–Crippen LogP) is 0.666. The Balaban J connectivity index is 0.00000144. The van der Waals surface area contributed by atoms with Gasteiger partial charge in [0.05, 0.1) is 0 Å². The van der Waals surface area contributed by atoms with E-state index in [1.807, 2.05) is 7.76 Å². The molecule has 0 saturated carbocycles. The van der Waals surface area contributed by atoms with E-state index >= 15 is 0 Å². The van der Waals surface area contributed by atoms with E-state index in [9.17, 15) is 0 Å². The van der Waals surface area contributed by atoms with Crippen LogP contribution < -0.4 is 24.8 Å². The van der Waals surface area contributed by atoms with E-state index in [1.54, 1.807) is 22.3 Å². The number of fused-ring (bicyclic) bond motifs is 2. The molecule has 0 aromatic carbocycles. The third-order valence-corrected chi connectivity index (χ3v) is 8.13. The maximum Gasteiger partial charge on any atom is -1.00 e. The van der Waals surface area contributed by atoms with Gasteiger partial charge < -0.3 is 24.8 Å². The van der Waals surface area contributed by atoms with Gasteiger partial charge in [0.15, 0.2) is 0 Å². The van der Waals surface area contributed by atoms with Crippen molar-refractivity contribution in [2.24, 2.45) is 5.41 Å². The van der Waals surface area contributed by atoms with Crippen LogP contribution in [0.25, 0.3) is 0 Å². The molecule has 1 aliphatic heterocycles. The summed E-state index contributed by atoms with van der Waals surface area (Å²) in [6.45, 7) is 9.62. The maximum atomic E-state index is 2.59. The molecule has 3 aliphatic rings. The van der Waals surface area contributed by atoms with Crippen molar-refractivity contribution in [3.05, 3.63) is 42.2 Å². The number of rotatable bonds is 6. The summed E-state index contributed by atoms with van der Waals surface area (Å²) in [6, 6.07) is 0. The van der Waals surface area contributed by atoms with Gasteiger partial charge in [0.25, 0.3) is 0 Å². The SMILES string of the molecule is CCCCC1=[C]2CC=C1C(C)(C)C1=CC[C](=C1CCCC)[Ti+2]2.[Cl-].[Cl-]. The first-order chi connectivity index (χ1) is 10.6. The third-order valence-electron chi connectivity index (χ3n) is 5.61. The molecule has 0 fully saturated rings. The minimum absolute atomic E-state index is 0. The van der Waals surface area contributed by atoms with Gasteiger partial charge in [-0.15, -0.1) is 0 Å². The zero-order valence-corrected chi connectivity index (χ0v) is 18.6. The van der Waals surface area contributed by atoms with Gasteiger partial charge in [-0.05, 0) is 0 Å². The van der Waals surface area contributed by atoms with E-state index in [4.69, 9.17) is 0 Å². The van der Waals surface area contributed by atoms with Gasteiger partial charge in [0.1, 0.15) is 0 Å². The maximum absolute atomic E-state index is 2.59. The molecule has 4 bridgehead atoms. The Morgan fingerprint density at radius 2 is 1.25 bits per heavy atom.